The molecule has 1 saturated heterocycles. The summed E-state index contributed by atoms with van der Waals surface area (Å²) < 4.78 is 5.42. The summed E-state index contributed by atoms with van der Waals surface area (Å²) in [6.45, 7) is 7.54. The van der Waals surface area contributed by atoms with E-state index < -0.39 is 17.1 Å². The number of nitrogens with zero attached hydrogens (tertiary/aromatic N) is 2. The highest BCUT2D eigenvalue weighted by Gasteiger charge is 2.50. The summed E-state index contributed by atoms with van der Waals surface area (Å²) in [4.78, 5) is 28.1. The second-order valence-electron chi connectivity index (χ2n) is 7.78. The molecule has 0 saturated carbocycles. The van der Waals surface area contributed by atoms with Gasteiger partial charge in [0.25, 0.3) is 0 Å². The summed E-state index contributed by atoms with van der Waals surface area (Å²) in [5.74, 6) is -0.803. The molecule has 0 spiro atoms. The van der Waals surface area contributed by atoms with Gasteiger partial charge in [0.05, 0.1) is 0 Å². The van der Waals surface area contributed by atoms with E-state index in [0.717, 1.165) is 17.5 Å². The Hall–Kier alpha value is -2.08. The van der Waals surface area contributed by atoms with Crippen molar-refractivity contribution in [3.8, 4) is 0 Å². The number of carboxylic acid groups (broad SMARTS) is 1. The zero-order chi connectivity index (χ0) is 18.2. The van der Waals surface area contributed by atoms with Crippen LogP contribution in [0.3, 0.4) is 0 Å². The van der Waals surface area contributed by atoms with Gasteiger partial charge in [-0.1, -0.05) is 24.3 Å². The maximum absolute atomic E-state index is 12.2. The monoisotopic (exact) mass is 346 g/mol. The van der Waals surface area contributed by atoms with Crippen LogP contribution in [0.1, 0.15) is 38.3 Å². The predicted molar refractivity (Wildman–Crippen MR) is 93.5 cm³/mol. The van der Waals surface area contributed by atoms with Gasteiger partial charge in [0.2, 0.25) is 0 Å². The van der Waals surface area contributed by atoms with Crippen molar-refractivity contribution in [2.24, 2.45) is 0 Å². The molecule has 0 bridgehead atoms. The molecule has 1 heterocycles. The average molecular weight is 346 g/mol. The van der Waals surface area contributed by atoms with Crippen LogP contribution in [0, 0.1) is 0 Å². The summed E-state index contributed by atoms with van der Waals surface area (Å²) in [6.07, 6.45) is 1.02. The number of hydrogen-bond donors (Lipinski definition) is 1. The van der Waals surface area contributed by atoms with Gasteiger partial charge in [0.1, 0.15) is 11.1 Å². The van der Waals surface area contributed by atoms with E-state index >= 15 is 0 Å². The van der Waals surface area contributed by atoms with Crippen molar-refractivity contribution < 1.29 is 19.4 Å². The van der Waals surface area contributed by atoms with E-state index in [1.807, 2.05) is 49.9 Å². The molecule has 1 aromatic carbocycles. The maximum Gasteiger partial charge on any atom is 0.410 e. The maximum atomic E-state index is 12.2. The zero-order valence-corrected chi connectivity index (χ0v) is 15.1. The number of carbonyl (C=O) groups excluding carboxylic acids is 1. The molecule has 3 rings (SSSR count). The molecular formula is C19H26N2O4. The molecular weight excluding hydrogens is 320 g/mol. The lowest BCUT2D eigenvalue weighted by Crippen LogP contribution is -2.59. The topological polar surface area (TPSA) is 70.1 Å². The van der Waals surface area contributed by atoms with Crippen molar-refractivity contribution in [2.45, 2.75) is 44.8 Å². The minimum Gasteiger partial charge on any atom is -0.480 e. The van der Waals surface area contributed by atoms with Crippen LogP contribution in [0.2, 0.25) is 0 Å². The molecule has 1 aliphatic heterocycles. The van der Waals surface area contributed by atoms with Gasteiger partial charge in [-0.3, -0.25) is 4.90 Å². The van der Waals surface area contributed by atoms with Gasteiger partial charge in [0, 0.05) is 26.2 Å². The Morgan fingerprint density at radius 3 is 2.36 bits per heavy atom. The van der Waals surface area contributed by atoms with Crippen molar-refractivity contribution in [1.82, 2.24) is 9.80 Å². The molecule has 25 heavy (non-hydrogen) atoms. The number of amides is 1. The summed E-state index contributed by atoms with van der Waals surface area (Å²) >= 11 is 0. The summed E-state index contributed by atoms with van der Waals surface area (Å²) in [6, 6.07) is 7.80. The quantitative estimate of drug-likeness (QED) is 0.891. The second-order valence-corrected chi connectivity index (χ2v) is 7.78. The number of fused-ring (bicyclic) bond motifs is 1. The predicted octanol–water partition coefficient (Wildman–Crippen LogP) is 2.47. The first kappa shape index (κ1) is 17.7. The Morgan fingerprint density at radius 2 is 1.76 bits per heavy atom. The van der Waals surface area contributed by atoms with E-state index in [1.54, 1.807) is 4.90 Å². The normalized spacial score (nSPS) is 24.0. The summed E-state index contributed by atoms with van der Waals surface area (Å²) in [7, 11) is 0. The van der Waals surface area contributed by atoms with Crippen LogP contribution >= 0.6 is 0 Å². The number of rotatable bonds is 2. The number of piperazine rings is 1. The SMILES string of the molecule is CC(C)(C)OC(=O)N1CCN([C@@]2(C(=O)O)CCc3ccccc32)CC1. The summed E-state index contributed by atoms with van der Waals surface area (Å²) in [5, 5.41) is 10.0. The minimum atomic E-state index is -0.976. The molecule has 1 fully saturated rings. The number of hydrogen-bond acceptors (Lipinski definition) is 4. The van der Waals surface area contributed by atoms with Crippen LogP contribution in [-0.4, -0.2) is 58.7 Å². The Labute approximate surface area is 148 Å². The molecule has 2 aliphatic rings. The van der Waals surface area contributed by atoms with Crippen LogP contribution in [0.4, 0.5) is 4.79 Å². The molecule has 0 aromatic heterocycles. The first-order valence-electron chi connectivity index (χ1n) is 8.79. The number of benzene rings is 1. The highest BCUT2D eigenvalue weighted by molar-refractivity contribution is 5.82. The van der Waals surface area contributed by atoms with Gasteiger partial charge >= 0.3 is 12.1 Å². The van der Waals surface area contributed by atoms with Gasteiger partial charge in [-0.2, -0.15) is 0 Å². The van der Waals surface area contributed by atoms with E-state index in [9.17, 15) is 14.7 Å². The molecule has 1 aromatic rings. The Morgan fingerprint density at radius 1 is 1.12 bits per heavy atom. The molecule has 1 atom stereocenters. The van der Waals surface area contributed by atoms with Crippen molar-refractivity contribution in [3.05, 3.63) is 35.4 Å². The third-order valence-corrected chi connectivity index (χ3v) is 5.04. The molecule has 6 heteroatoms. The van der Waals surface area contributed by atoms with Gasteiger partial charge < -0.3 is 14.7 Å². The first-order valence-corrected chi connectivity index (χ1v) is 8.79. The number of carbonyl (C=O) groups is 2. The highest BCUT2D eigenvalue weighted by atomic mass is 16.6. The Bertz CT molecular complexity index is 674. The molecule has 0 radical (unpaired) electrons. The second kappa shape index (κ2) is 6.33. The molecule has 0 unspecified atom stereocenters. The lowest BCUT2D eigenvalue weighted by molar-refractivity contribution is -0.154. The van der Waals surface area contributed by atoms with E-state index in [-0.39, 0.29) is 6.09 Å². The van der Waals surface area contributed by atoms with Crippen molar-refractivity contribution in [1.29, 1.82) is 0 Å². The van der Waals surface area contributed by atoms with Gasteiger partial charge in [0.15, 0.2) is 0 Å². The van der Waals surface area contributed by atoms with Crippen molar-refractivity contribution >= 4 is 12.1 Å². The van der Waals surface area contributed by atoms with Gasteiger partial charge in [-0.15, -0.1) is 0 Å². The van der Waals surface area contributed by atoms with E-state index in [2.05, 4.69) is 0 Å². The molecule has 1 amide bonds. The molecule has 6 nitrogen and oxygen atoms in total. The fraction of sp³-hybridized carbons (Fsp3) is 0.579. The Balaban J connectivity index is 1.75. The molecule has 1 aliphatic carbocycles. The summed E-state index contributed by atoms with van der Waals surface area (Å²) in [5.41, 5.74) is 0.505. The fourth-order valence-corrected chi connectivity index (χ4v) is 3.88. The van der Waals surface area contributed by atoms with Crippen LogP contribution in [0.5, 0.6) is 0 Å². The first-order chi connectivity index (χ1) is 11.7. The minimum absolute atomic E-state index is 0.330. The van der Waals surface area contributed by atoms with E-state index in [4.69, 9.17) is 4.74 Å². The van der Waals surface area contributed by atoms with Crippen LogP contribution in [0.25, 0.3) is 0 Å². The van der Waals surface area contributed by atoms with Crippen LogP contribution in [0.15, 0.2) is 24.3 Å². The number of carboxylic acids is 1. The third-order valence-electron chi connectivity index (χ3n) is 5.04. The fourth-order valence-electron chi connectivity index (χ4n) is 3.88. The number of aryl methyl sites for hydroxylation is 1. The number of aliphatic carboxylic acids is 1. The van der Waals surface area contributed by atoms with Crippen molar-refractivity contribution in [2.75, 3.05) is 26.2 Å². The van der Waals surface area contributed by atoms with Gasteiger partial charge in [-0.05, 0) is 44.7 Å². The smallest absolute Gasteiger partial charge is 0.410 e. The standard InChI is InChI=1S/C19H26N2O4/c1-18(2,3)25-17(24)20-10-12-21(13-11-20)19(16(22)23)9-8-14-6-4-5-7-15(14)19/h4-7H,8-13H2,1-3H3,(H,22,23)/t19-/m0/s1. The van der Waals surface area contributed by atoms with Crippen LogP contribution < -0.4 is 0 Å². The lowest BCUT2D eigenvalue weighted by atomic mass is 9.89. The largest absolute Gasteiger partial charge is 0.480 e. The number of ether oxygens (including phenoxy) is 1. The highest BCUT2D eigenvalue weighted by Crippen LogP contribution is 2.42. The Kier molecular flexibility index (Phi) is 4.49. The van der Waals surface area contributed by atoms with Gasteiger partial charge in [-0.25, -0.2) is 9.59 Å². The third kappa shape index (κ3) is 3.23. The zero-order valence-electron chi connectivity index (χ0n) is 15.1. The average Bonchev–Trinajstić information content (AvgIpc) is 2.94. The van der Waals surface area contributed by atoms with E-state index in [1.165, 1.54) is 0 Å². The lowest BCUT2D eigenvalue weighted by Gasteiger charge is -2.43. The van der Waals surface area contributed by atoms with Crippen LogP contribution in [-0.2, 0) is 21.5 Å². The van der Waals surface area contributed by atoms with Crippen molar-refractivity contribution in [3.63, 3.8) is 0 Å². The molecule has 136 valence electrons. The molecule has 1 N–H and O–H groups in total. The van der Waals surface area contributed by atoms with E-state index in [0.29, 0.717) is 32.6 Å².